The van der Waals surface area contributed by atoms with E-state index in [4.69, 9.17) is 9.47 Å². The summed E-state index contributed by atoms with van der Waals surface area (Å²) in [4.78, 5) is 4.33. The van der Waals surface area contributed by atoms with Crippen LogP contribution in [0.3, 0.4) is 0 Å². The largest absolute Gasteiger partial charge is 0.497 e. The van der Waals surface area contributed by atoms with Gasteiger partial charge in [0, 0.05) is 19.6 Å². The van der Waals surface area contributed by atoms with Crippen molar-refractivity contribution in [2.75, 3.05) is 52.3 Å². The molecule has 8 nitrogen and oxygen atoms in total. The molecule has 0 spiro atoms. The molecule has 0 N–H and O–H groups in total. The van der Waals surface area contributed by atoms with E-state index in [1.807, 2.05) is 28.9 Å². The van der Waals surface area contributed by atoms with Crippen molar-refractivity contribution in [3.8, 4) is 5.75 Å². The first-order chi connectivity index (χ1) is 11.7. The molecule has 0 bridgehead atoms. The Balaban J connectivity index is 1.69. The number of hydrogen-bond donors (Lipinski definition) is 0. The number of methoxy groups -OCH3 is 1. The fraction of sp³-hybridized carbons (Fsp3) is 0.562. The number of tetrazole rings is 1. The molecule has 1 atom stereocenters. The molecule has 130 valence electrons. The van der Waals surface area contributed by atoms with Crippen LogP contribution in [0.15, 0.2) is 24.3 Å². The number of benzene rings is 1. The summed E-state index contributed by atoms with van der Waals surface area (Å²) >= 11 is 0. The smallest absolute Gasteiger partial charge is 0.246 e. The average Bonchev–Trinajstić information content (AvgIpc) is 3.03. The summed E-state index contributed by atoms with van der Waals surface area (Å²) < 4.78 is 12.9. The highest BCUT2D eigenvalue weighted by Crippen LogP contribution is 2.17. The van der Waals surface area contributed by atoms with Crippen molar-refractivity contribution in [2.24, 2.45) is 0 Å². The summed E-state index contributed by atoms with van der Waals surface area (Å²) in [5, 5.41) is 12.2. The number of aromatic nitrogens is 4. The lowest BCUT2D eigenvalue weighted by Gasteiger charge is -2.34. The third-order valence-electron chi connectivity index (χ3n) is 3.99. The molecule has 1 aliphatic rings. The second kappa shape index (κ2) is 7.59. The van der Waals surface area contributed by atoms with Gasteiger partial charge in [-0.1, -0.05) is 17.2 Å². The Bertz CT molecular complexity index is 642. The van der Waals surface area contributed by atoms with Gasteiger partial charge in [-0.15, -0.1) is 0 Å². The maximum atomic E-state index is 5.83. The van der Waals surface area contributed by atoms with Crippen molar-refractivity contribution in [2.45, 2.75) is 12.6 Å². The first kappa shape index (κ1) is 16.7. The molecule has 0 amide bonds. The van der Waals surface area contributed by atoms with Gasteiger partial charge < -0.3 is 19.3 Å². The van der Waals surface area contributed by atoms with Crippen molar-refractivity contribution < 1.29 is 9.47 Å². The third kappa shape index (κ3) is 4.01. The lowest BCUT2D eigenvalue weighted by atomic mass is 10.2. The number of ether oxygens (including phenoxy) is 2. The van der Waals surface area contributed by atoms with E-state index >= 15 is 0 Å². The minimum atomic E-state index is 0.167. The number of anilines is 1. The lowest BCUT2D eigenvalue weighted by molar-refractivity contribution is 0.0240. The fourth-order valence-electron chi connectivity index (χ4n) is 2.85. The summed E-state index contributed by atoms with van der Waals surface area (Å²) in [5.41, 5.74) is 1.13. The van der Waals surface area contributed by atoms with Crippen LogP contribution in [0.1, 0.15) is 5.56 Å². The SMILES string of the molecule is COc1ccc(Cn2nnnc2N2CCOC(CN(C)C)C2)cc1. The second-order valence-electron chi connectivity index (χ2n) is 6.19. The molecule has 1 saturated heterocycles. The van der Waals surface area contributed by atoms with Crippen LogP contribution in [0.25, 0.3) is 0 Å². The van der Waals surface area contributed by atoms with E-state index in [1.165, 1.54) is 0 Å². The standard InChI is InChI=1S/C16H24N6O2/c1-20(2)11-15-12-21(8-9-24-15)16-17-18-19-22(16)10-13-4-6-14(23-3)7-5-13/h4-7,15H,8-12H2,1-3H3. The summed E-state index contributed by atoms with van der Waals surface area (Å²) in [6, 6.07) is 7.94. The Morgan fingerprint density at radius 1 is 1.29 bits per heavy atom. The Labute approximate surface area is 141 Å². The van der Waals surface area contributed by atoms with Crippen molar-refractivity contribution >= 4 is 5.95 Å². The minimum Gasteiger partial charge on any atom is -0.497 e. The predicted octanol–water partition coefficient (Wildman–Crippen LogP) is 0.497. The highest BCUT2D eigenvalue weighted by atomic mass is 16.5. The molecule has 1 aromatic heterocycles. The molecule has 24 heavy (non-hydrogen) atoms. The fourth-order valence-corrected chi connectivity index (χ4v) is 2.85. The van der Waals surface area contributed by atoms with Crippen LogP contribution in [-0.4, -0.2) is 78.7 Å². The van der Waals surface area contributed by atoms with Crippen LogP contribution >= 0.6 is 0 Å². The Kier molecular flexibility index (Phi) is 5.27. The van der Waals surface area contributed by atoms with Crippen LogP contribution in [0.2, 0.25) is 0 Å². The summed E-state index contributed by atoms with van der Waals surface area (Å²) in [7, 11) is 5.77. The Morgan fingerprint density at radius 2 is 2.08 bits per heavy atom. The first-order valence-corrected chi connectivity index (χ1v) is 8.06. The average molecular weight is 332 g/mol. The Morgan fingerprint density at radius 3 is 2.79 bits per heavy atom. The quantitative estimate of drug-likeness (QED) is 0.763. The minimum absolute atomic E-state index is 0.167. The molecular formula is C16H24N6O2. The predicted molar refractivity (Wildman–Crippen MR) is 90.4 cm³/mol. The summed E-state index contributed by atoms with van der Waals surface area (Å²) in [6.45, 7) is 3.79. The first-order valence-electron chi connectivity index (χ1n) is 8.06. The lowest BCUT2D eigenvalue weighted by Crippen LogP contribution is -2.47. The van der Waals surface area contributed by atoms with Gasteiger partial charge in [-0.05, 0) is 42.2 Å². The maximum Gasteiger partial charge on any atom is 0.246 e. The van der Waals surface area contributed by atoms with Crippen LogP contribution < -0.4 is 9.64 Å². The van der Waals surface area contributed by atoms with E-state index in [0.29, 0.717) is 13.2 Å². The van der Waals surface area contributed by atoms with Crippen molar-refractivity contribution in [3.63, 3.8) is 0 Å². The number of nitrogens with zero attached hydrogens (tertiary/aromatic N) is 6. The molecule has 1 aromatic carbocycles. The van der Waals surface area contributed by atoms with E-state index < -0.39 is 0 Å². The van der Waals surface area contributed by atoms with Gasteiger partial charge in [-0.3, -0.25) is 0 Å². The molecule has 8 heteroatoms. The van der Waals surface area contributed by atoms with Gasteiger partial charge in [0.25, 0.3) is 0 Å². The number of rotatable bonds is 6. The van der Waals surface area contributed by atoms with Gasteiger partial charge in [0.2, 0.25) is 5.95 Å². The third-order valence-corrected chi connectivity index (χ3v) is 3.99. The van der Waals surface area contributed by atoms with E-state index in [1.54, 1.807) is 7.11 Å². The zero-order chi connectivity index (χ0) is 16.9. The molecule has 3 rings (SSSR count). The molecule has 2 heterocycles. The topological polar surface area (TPSA) is 68.5 Å². The zero-order valence-corrected chi connectivity index (χ0v) is 14.4. The van der Waals surface area contributed by atoms with Gasteiger partial charge in [0.1, 0.15) is 5.75 Å². The normalized spacial score (nSPS) is 18.2. The van der Waals surface area contributed by atoms with Crippen LogP contribution in [0.5, 0.6) is 5.75 Å². The van der Waals surface area contributed by atoms with Crippen molar-refractivity contribution in [1.29, 1.82) is 0 Å². The van der Waals surface area contributed by atoms with E-state index in [0.717, 1.165) is 36.9 Å². The van der Waals surface area contributed by atoms with Crippen molar-refractivity contribution in [3.05, 3.63) is 29.8 Å². The van der Waals surface area contributed by atoms with Crippen molar-refractivity contribution in [1.82, 2.24) is 25.1 Å². The molecule has 2 aromatic rings. The van der Waals surface area contributed by atoms with Gasteiger partial charge in [0.15, 0.2) is 0 Å². The summed E-state index contributed by atoms with van der Waals surface area (Å²) in [6.07, 6.45) is 0.167. The van der Waals surface area contributed by atoms with Gasteiger partial charge >= 0.3 is 0 Å². The highest BCUT2D eigenvalue weighted by molar-refractivity contribution is 5.32. The molecule has 1 unspecified atom stereocenters. The molecule has 0 saturated carbocycles. The number of morpholine rings is 1. The van der Waals surface area contributed by atoms with Gasteiger partial charge in [-0.2, -0.15) is 0 Å². The van der Waals surface area contributed by atoms with E-state index in [2.05, 4.69) is 39.4 Å². The summed E-state index contributed by atoms with van der Waals surface area (Å²) in [5.74, 6) is 1.63. The maximum absolute atomic E-state index is 5.83. The van der Waals surface area contributed by atoms with Gasteiger partial charge in [0.05, 0.1) is 26.4 Å². The number of hydrogen-bond acceptors (Lipinski definition) is 7. The zero-order valence-electron chi connectivity index (χ0n) is 14.4. The highest BCUT2D eigenvalue weighted by Gasteiger charge is 2.25. The molecule has 0 aliphatic carbocycles. The molecule has 1 aliphatic heterocycles. The Hall–Kier alpha value is -2.19. The molecular weight excluding hydrogens is 308 g/mol. The van der Waals surface area contributed by atoms with Crippen LogP contribution in [0.4, 0.5) is 5.95 Å². The second-order valence-corrected chi connectivity index (χ2v) is 6.19. The molecule has 1 fully saturated rings. The van der Waals surface area contributed by atoms with Crippen LogP contribution in [-0.2, 0) is 11.3 Å². The number of likely N-dealkylation sites (N-methyl/N-ethyl adjacent to an activating group) is 1. The molecule has 0 radical (unpaired) electrons. The van der Waals surface area contributed by atoms with E-state index in [-0.39, 0.29) is 6.10 Å². The monoisotopic (exact) mass is 332 g/mol. The van der Waals surface area contributed by atoms with Crippen LogP contribution in [0, 0.1) is 0 Å². The van der Waals surface area contributed by atoms with E-state index in [9.17, 15) is 0 Å². The van der Waals surface area contributed by atoms with Gasteiger partial charge in [-0.25, -0.2) is 4.68 Å².